The van der Waals surface area contributed by atoms with Gasteiger partial charge < -0.3 is 4.74 Å². The van der Waals surface area contributed by atoms with Crippen LogP contribution in [0.1, 0.15) is 30.7 Å². The number of hydrogen-bond acceptors (Lipinski definition) is 1. The summed E-state index contributed by atoms with van der Waals surface area (Å²) in [5, 5.41) is 1.84. The van der Waals surface area contributed by atoms with E-state index in [0.29, 0.717) is 5.92 Å². The summed E-state index contributed by atoms with van der Waals surface area (Å²) < 4.78 is 5.71. The van der Waals surface area contributed by atoms with Gasteiger partial charge in [0.25, 0.3) is 0 Å². The summed E-state index contributed by atoms with van der Waals surface area (Å²) in [6, 6.07) is 5.94. The molecule has 1 unspecified atom stereocenters. The van der Waals surface area contributed by atoms with Crippen molar-refractivity contribution in [3.05, 3.63) is 28.8 Å². The maximum absolute atomic E-state index is 6.03. The van der Waals surface area contributed by atoms with Gasteiger partial charge in [0.05, 0.1) is 6.61 Å². The highest BCUT2D eigenvalue weighted by atomic mass is 79.9. The predicted octanol–water partition coefficient (Wildman–Crippen LogP) is 4.38. The molecule has 0 saturated heterocycles. The van der Waals surface area contributed by atoms with Crippen molar-refractivity contribution in [1.29, 1.82) is 0 Å². The third-order valence-corrected chi connectivity index (χ3v) is 3.52. The van der Waals surface area contributed by atoms with Crippen LogP contribution in [0.4, 0.5) is 0 Å². The van der Waals surface area contributed by atoms with Crippen molar-refractivity contribution >= 4 is 27.5 Å². The molecule has 0 radical (unpaired) electrons. The summed E-state index contributed by atoms with van der Waals surface area (Å²) in [6.45, 7) is 0.827. The summed E-state index contributed by atoms with van der Waals surface area (Å²) in [7, 11) is 0. The third-order valence-electron chi connectivity index (χ3n) is 2.82. The fraction of sp³-hybridized carbons (Fsp3) is 0.500. The Morgan fingerprint density at radius 2 is 2.33 bits per heavy atom. The summed E-state index contributed by atoms with van der Waals surface area (Å²) in [6.07, 6.45) is 3.47. The van der Waals surface area contributed by atoms with Gasteiger partial charge in [0.1, 0.15) is 5.75 Å². The Morgan fingerprint density at radius 3 is 3.13 bits per heavy atom. The minimum absolute atomic E-state index is 0.584. The van der Waals surface area contributed by atoms with Crippen LogP contribution in [0.3, 0.4) is 0 Å². The molecular weight excluding hydrogens is 275 g/mol. The number of rotatable bonds is 2. The average molecular weight is 290 g/mol. The minimum Gasteiger partial charge on any atom is -0.493 e. The number of benzene rings is 1. The zero-order valence-corrected chi connectivity index (χ0v) is 10.9. The van der Waals surface area contributed by atoms with Gasteiger partial charge in [-0.3, -0.25) is 0 Å². The minimum atomic E-state index is 0.584. The van der Waals surface area contributed by atoms with Crippen LogP contribution in [-0.2, 0) is 0 Å². The fourth-order valence-electron chi connectivity index (χ4n) is 2.07. The topological polar surface area (TPSA) is 9.23 Å². The van der Waals surface area contributed by atoms with Gasteiger partial charge in [-0.2, -0.15) is 0 Å². The van der Waals surface area contributed by atoms with E-state index in [1.807, 2.05) is 12.1 Å². The van der Waals surface area contributed by atoms with Crippen molar-refractivity contribution in [3.63, 3.8) is 0 Å². The lowest BCUT2D eigenvalue weighted by molar-refractivity contribution is 0.316. The lowest BCUT2D eigenvalue weighted by atomic mass is 9.92. The predicted molar refractivity (Wildman–Crippen MR) is 67.3 cm³/mol. The van der Waals surface area contributed by atoms with Crippen molar-refractivity contribution in [1.82, 2.24) is 0 Å². The number of hydrogen-bond donors (Lipinski definition) is 0. The molecule has 1 aliphatic rings. The number of ether oxygens (including phenoxy) is 1. The van der Waals surface area contributed by atoms with E-state index in [1.165, 1.54) is 12.0 Å². The molecule has 1 aromatic carbocycles. The second-order valence-corrected chi connectivity index (χ2v) is 5.08. The van der Waals surface area contributed by atoms with Gasteiger partial charge in [-0.25, -0.2) is 0 Å². The van der Waals surface area contributed by atoms with Gasteiger partial charge >= 0.3 is 0 Å². The smallest absolute Gasteiger partial charge is 0.122 e. The zero-order valence-electron chi connectivity index (χ0n) is 8.51. The molecule has 0 aromatic heterocycles. The van der Waals surface area contributed by atoms with E-state index in [-0.39, 0.29) is 0 Å². The first-order valence-corrected chi connectivity index (χ1v) is 6.79. The SMILES string of the molecule is Clc1ccc2c(c1)C(CCBr)CCCO2. The molecule has 0 aliphatic carbocycles. The normalized spacial score (nSPS) is 20.3. The van der Waals surface area contributed by atoms with Crippen molar-refractivity contribution in [2.24, 2.45) is 0 Å². The van der Waals surface area contributed by atoms with Gasteiger partial charge in [0, 0.05) is 10.4 Å². The van der Waals surface area contributed by atoms with Crippen LogP contribution in [0.25, 0.3) is 0 Å². The van der Waals surface area contributed by atoms with E-state index >= 15 is 0 Å². The van der Waals surface area contributed by atoms with Gasteiger partial charge in [0.15, 0.2) is 0 Å². The Labute approximate surface area is 104 Å². The quantitative estimate of drug-likeness (QED) is 0.734. The van der Waals surface area contributed by atoms with Crippen molar-refractivity contribution in [3.8, 4) is 5.75 Å². The van der Waals surface area contributed by atoms with Crippen molar-refractivity contribution in [2.75, 3.05) is 11.9 Å². The zero-order chi connectivity index (χ0) is 10.7. The second kappa shape index (κ2) is 5.22. The molecule has 0 spiro atoms. The van der Waals surface area contributed by atoms with E-state index in [4.69, 9.17) is 16.3 Å². The summed E-state index contributed by atoms with van der Waals surface area (Å²) >= 11 is 9.54. The monoisotopic (exact) mass is 288 g/mol. The molecule has 82 valence electrons. The van der Waals surface area contributed by atoms with E-state index in [1.54, 1.807) is 0 Å². The van der Waals surface area contributed by atoms with Crippen LogP contribution in [0.15, 0.2) is 18.2 Å². The highest BCUT2D eigenvalue weighted by Crippen LogP contribution is 2.37. The van der Waals surface area contributed by atoms with Crippen LogP contribution < -0.4 is 4.74 Å². The summed E-state index contributed by atoms with van der Waals surface area (Å²) in [5.41, 5.74) is 1.28. The van der Waals surface area contributed by atoms with E-state index in [2.05, 4.69) is 22.0 Å². The van der Waals surface area contributed by atoms with Crippen LogP contribution in [0.2, 0.25) is 5.02 Å². The third kappa shape index (κ3) is 2.67. The Morgan fingerprint density at radius 1 is 1.47 bits per heavy atom. The number of alkyl halides is 1. The van der Waals surface area contributed by atoms with Gasteiger partial charge in [-0.05, 0) is 48.9 Å². The first-order chi connectivity index (χ1) is 7.31. The van der Waals surface area contributed by atoms with Crippen LogP contribution >= 0.6 is 27.5 Å². The Hall–Kier alpha value is -0.210. The molecule has 2 rings (SSSR count). The molecular formula is C12H14BrClO. The molecule has 1 atom stereocenters. The molecule has 0 saturated carbocycles. The molecule has 0 fully saturated rings. The maximum Gasteiger partial charge on any atom is 0.122 e. The van der Waals surface area contributed by atoms with Gasteiger partial charge in [-0.15, -0.1) is 0 Å². The molecule has 3 heteroatoms. The first-order valence-electron chi connectivity index (χ1n) is 5.29. The van der Waals surface area contributed by atoms with Crippen molar-refractivity contribution < 1.29 is 4.74 Å². The van der Waals surface area contributed by atoms with Crippen LogP contribution in [-0.4, -0.2) is 11.9 Å². The van der Waals surface area contributed by atoms with E-state index < -0.39 is 0 Å². The molecule has 0 N–H and O–H groups in total. The molecule has 0 bridgehead atoms. The molecule has 1 heterocycles. The van der Waals surface area contributed by atoms with Gasteiger partial charge in [-0.1, -0.05) is 27.5 Å². The van der Waals surface area contributed by atoms with Gasteiger partial charge in [0.2, 0.25) is 0 Å². The second-order valence-electron chi connectivity index (χ2n) is 3.85. The molecule has 15 heavy (non-hydrogen) atoms. The largest absolute Gasteiger partial charge is 0.493 e. The number of halogens is 2. The van der Waals surface area contributed by atoms with E-state index in [9.17, 15) is 0 Å². The molecule has 1 nitrogen and oxygen atoms in total. The summed E-state index contributed by atoms with van der Waals surface area (Å²) in [4.78, 5) is 0. The molecule has 0 amide bonds. The highest BCUT2D eigenvalue weighted by molar-refractivity contribution is 9.09. The van der Waals surface area contributed by atoms with Crippen LogP contribution in [0.5, 0.6) is 5.75 Å². The molecule has 1 aromatic rings. The molecule has 1 aliphatic heterocycles. The average Bonchev–Trinajstić information content (AvgIpc) is 2.42. The Kier molecular flexibility index (Phi) is 3.92. The first kappa shape index (κ1) is 11.3. The maximum atomic E-state index is 6.03. The lowest BCUT2D eigenvalue weighted by Crippen LogP contribution is -1.98. The Bertz CT molecular complexity index is 340. The van der Waals surface area contributed by atoms with Crippen LogP contribution in [0, 0.1) is 0 Å². The summed E-state index contributed by atoms with van der Waals surface area (Å²) in [5.74, 6) is 1.60. The highest BCUT2D eigenvalue weighted by Gasteiger charge is 2.19. The van der Waals surface area contributed by atoms with Crippen molar-refractivity contribution in [2.45, 2.75) is 25.2 Å². The number of fused-ring (bicyclic) bond motifs is 1. The fourth-order valence-corrected chi connectivity index (χ4v) is 2.80. The lowest BCUT2D eigenvalue weighted by Gasteiger charge is -2.15. The Balaban J connectivity index is 2.33. The standard InChI is InChI=1S/C12H14BrClO/c13-6-5-9-2-1-7-15-12-4-3-10(14)8-11(9)12/h3-4,8-9H,1-2,5-7H2. The van der Waals surface area contributed by atoms with E-state index in [0.717, 1.165) is 35.6 Å².